The highest BCUT2D eigenvalue weighted by Gasteiger charge is 2.20. The van der Waals surface area contributed by atoms with Gasteiger partial charge in [0.1, 0.15) is 0 Å². The number of aromatic nitrogens is 1. The topological polar surface area (TPSA) is 55.1 Å². The highest BCUT2D eigenvalue weighted by Crippen LogP contribution is 2.25. The fraction of sp³-hybridized carbons (Fsp3) is 0.286. The molecule has 1 heterocycles. The molecule has 20 heavy (non-hydrogen) atoms. The summed E-state index contributed by atoms with van der Waals surface area (Å²) in [5.74, 6) is 0.123. The first kappa shape index (κ1) is 15.5. The summed E-state index contributed by atoms with van der Waals surface area (Å²) in [6, 6.07) is 7.33. The number of amides is 1. The van der Waals surface area contributed by atoms with E-state index >= 15 is 0 Å². The smallest absolute Gasteiger partial charge is 0.259 e. The third kappa shape index (κ3) is 3.60. The maximum absolute atomic E-state index is 12.2. The first-order valence-corrected chi connectivity index (χ1v) is 7.88. The Hall–Kier alpha value is -0.890. The van der Waals surface area contributed by atoms with Crippen molar-refractivity contribution >= 4 is 50.3 Å². The van der Waals surface area contributed by atoms with Gasteiger partial charge in [0.25, 0.3) is 5.91 Å². The van der Waals surface area contributed by atoms with Crippen LogP contribution >= 0.6 is 38.5 Å². The van der Waals surface area contributed by atoms with Crippen LogP contribution in [0.3, 0.4) is 0 Å². The average molecular weight is 449 g/mol. The van der Waals surface area contributed by atoms with Gasteiger partial charge in [0.2, 0.25) is 5.88 Å². The number of hydrogen-bond donors (Lipinski definition) is 1. The SMILES string of the molecule is CC(C)(C)c1cc(NC(=O)c2cc(I)ccc2Br)on1. The van der Waals surface area contributed by atoms with Gasteiger partial charge < -0.3 is 4.52 Å². The molecule has 2 rings (SSSR count). The molecular formula is C14H14BrIN2O2. The molecular weight excluding hydrogens is 435 g/mol. The van der Waals surface area contributed by atoms with Gasteiger partial charge in [-0.25, -0.2) is 0 Å². The molecule has 0 unspecified atom stereocenters. The number of benzene rings is 1. The molecule has 1 N–H and O–H groups in total. The second-order valence-electron chi connectivity index (χ2n) is 5.40. The monoisotopic (exact) mass is 448 g/mol. The zero-order chi connectivity index (χ0) is 14.9. The van der Waals surface area contributed by atoms with Gasteiger partial charge in [-0.1, -0.05) is 25.9 Å². The van der Waals surface area contributed by atoms with Gasteiger partial charge in [-0.3, -0.25) is 10.1 Å². The van der Waals surface area contributed by atoms with Crippen molar-refractivity contribution in [2.45, 2.75) is 26.2 Å². The maximum Gasteiger partial charge on any atom is 0.259 e. The van der Waals surface area contributed by atoms with E-state index in [1.54, 1.807) is 12.1 Å². The van der Waals surface area contributed by atoms with Crippen molar-refractivity contribution in [3.63, 3.8) is 0 Å². The molecule has 0 aliphatic rings. The average Bonchev–Trinajstić information content (AvgIpc) is 2.80. The lowest BCUT2D eigenvalue weighted by atomic mass is 9.92. The Morgan fingerprint density at radius 3 is 2.65 bits per heavy atom. The number of carbonyl (C=O) groups is 1. The lowest BCUT2D eigenvalue weighted by Crippen LogP contribution is -2.13. The van der Waals surface area contributed by atoms with Crippen molar-refractivity contribution in [2.24, 2.45) is 0 Å². The number of nitrogens with one attached hydrogen (secondary N) is 1. The van der Waals surface area contributed by atoms with Crippen LogP contribution in [0.4, 0.5) is 5.88 Å². The molecule has 106 valence electrons. The summed E-state index contributed by atoms with van der Waals surface area (Å²) in [5.41, 5.74) is 1.25. The molecule has 1 aromatic carbocycles. The molecule has 2 aromatic rings. The Balaban J connectivity index is 2.20. The summed E-state index contributed by atoms with van der Waals surface area (Å²) in [7, 11) is 0. The van der Waals surface area contributed by atoms with Crippen LogP contribution in [-0.2, 0) is 5.41 Å². The Labute approximate surface area is 139 Å². The number of halogens is 2. The number of anilines is 1. The third-order valence-electron chi connectivity index (χ3n) is 2.69. The molecule has 0 fully saturated rings. The molecule has 0 aliphatic carbocycles. The minimum absolute atomic E-state index is 0.116. The lowest BCUT2D eigenvalue weighted by Gasteiger charge is -2.12. The van der Waals surface area contributed by atoms with E-state index in [0.29, 0.717) is 11.4 Å². The van der Waals surface area contributed by atoms with E-state index in [0.717, 1.165) is 13.7 Å². The largest absolute Gasteiger partial charge is 0.338 e. The molecule has 4 nitrogen and oxygen atoms in total. The molecule has 6 heteroatoms. The van der Waals surface area contributed by atoms with Gasteiger partial charge >= 0.3 is 0 Å². The molecule has 0 atom stereocenters. The van der Waals surface area contributed by atoms with Crippen molar-refractivity contribution in [3.8, 4) is 0 Å². The number of nitrogens with zero attached hydrogens (tertiary/aromatic N) is 1. The van der Waals surface area contributed by atoms with Crippen LogP contribution in [-0.4, -0.2) is 11.1 Å². The molecule has 0 aliphatic heterocycles. The molecule has 1 aromatic heterocycles. The van der Waals surface area contributed by atoms with Crippen LogP contribution in [0.15, 0.2) is 33.3 Å². The van der Waals surface area contributed by atoms with Crippen LogP contribution in [0.5, 0.6) is 0 Å². The summed E-state index contributed by atoms with van der Waals surface area (Å²) < 4.78 is 6.89. The highest BCUT2D eigenvalue weighted by atomic mass is 127. The van der Waals surface area contributed by atoms with Crippen LogP contribution in [0, 0.1) is 3.57 Å². The van der Waals surface area contributed by atoms with Crippen molar-refractivity contribution in [1.29, 1.82) is 0 Å². The summed E-state index contributed by atoms with van der Waals surface area (Å²) in [4.78, 5) is 12.2. The molecule has 0 saturated heterocycles. The van der Waals surface area contributed by atoms with E-state index in [1.165, 1.54) is 0 Å². The fourth-order valence-electron chi connectivity index (χ4n) is 1.54. The van der Waals surface area contributed by atoms with E-state index < -0.39 is 0 Å². The quantitative estimate of drug-likeness (QED) is 0.683. The summed E-state index contributed by atoms with van der Waals surface area (Å²) >= 11 is 5.54. The van der Waals surface area contributed by atoms with Crippen molar-refractivity contribution in [1.82, 2.24) is 5.16 Å². The summed E-state index contributed by atoms with van der Waals surface area (Å²) in [5, 5.41) is 6.69. The Bertz CT molecular complexity index is 647. The van der Waals surface area contributed by atoms with E-state index in [1.807, 2.05) is 32.9 Å². The zero-order valence-corrected chi connectivity index (χ0v) is 15.1. The Morgan fingerprint density at radius 2 is 2.05 bits per heavy atom. The van der Waals surface area contributed by atoms with Gasteiger partial charge in [-0.05, 0) is 56.7 Å². The second kappa shape index (κ2) is 5.85. The molecule has 0 radical (unpaired) electrons. The van der Waals surface area contributed by atoms with Crippen LogP contribution in [0.25, 0.3) is 0 Å². The van der Waals surface area contributed by atoms with Crippen LogP contribution in [0.2, 0.25) is 0 Å². The minimum atomic E-state index is -0.230. The highest BCUT2D eigenvalue weighted by molar-refractivity contribution is 14.1. The number of carbonyl (C=O) groups excluding carboxylic acids is 1. The Morgan fingerprint density at radius 1 is 1.35 bits per heavy atom. The number of hydrogen-bond acceptors (Lipinski definition) is 3. The van der Waals surface area contributed by atoms with Gasteiger partial charge in [0.05, 0.1) is 11.3 Å². The fourth-order valence-corrected chi connectivity index (χ4v) is 2.46. The van der Waals surface area contributed by atoms with E-state index in [4.69, 9.17) is 4.52 Å². The Kier molecular flexibility index (Phi) is 4.53. The third-order valence-corrected chi connectivity index (χ3v) is 4.05. The van der Waals surface area contributed by atoms with Gasteiger partial charge in [0, 0.05) is 19.5 Å². The second-order valence-corrected chi connectivity index (χ2v) is 7.50. The van der Waals surface area contributed by atoms with Crippen LogP contribution < -0.4 is 5.32 Å². The number of rotatable bonds is 2. The van der Waals surface area contributed by atoms with E-state index in [-0.39, 0.29) is 11.3 Å². The minimum Gasteiger partial charge on any atom is -0.338 e. The first-order valence-electron chi connectivity index (χ1n) is 6.01. The summed E-state index contributed by atoms with van der Waals surface area (Å²) in [6.07, 6.45) is 0. The van der Waals surface area contributed by atoms with Gasteiger partial charge in [-0.15, -0.1) is 0 Å². The van der Waals surface area contributed by atoms with Crippen molar-refractivity contribution < 1.29 is 9.32 Å². The summed E-state index contributed by atoms with van der Waals surface area (Å²) in [6.45, 7) is 6.10. The van der Waals surface area contributed by atoms with Crippen LogP contribution in [0.1, 0.15) is 36.8 Å². The first-order chi connectivity index (χ1) is 9.27. The molecule has 0 saturated carbocycles. The van der Waals surface area contributed by atoms with Gasteiger partial charge in [0.15, 0.2) is 0 Å². The maximum atomic E-state index is 12.2. The standard InChI is InChI=1S/C14H14BrIN2O2/c1-14(2,3)11-7-12(20-18-11)17-13(19)9-6-8(16)4-5-10(9)15/h4-7H,1-3H3,(H,17,19). The molecule has 0 spiro atoms. The molecule has 1 amide bonds. The van der Waals surface area contributed by atoms with Crippen molar-refractivity contribution in [2.75, 3.05) is 5.32 Å². The van der Waals surface area contributed by atoms with Gasteiger partial charge in [-0.2, -0.15) is 0 Å². The lowest BCUT2D eigenvalue weighted by molar-refractivity contribution is 0.102. The predicted octanol–water partition coefficient (Wildman–Crippen LogP) is 4.59. The van der Waals surface area contributed by atoms with E-state index in [9.17, 15) is 4.79 Å². The zero-order valence-electron chi connectivity index (χ0n) is 11.3. The molecule has 0 bridgehead atoms. The predicted molar refractivity (Wildman–Crippen MR) is 90.0 cm³/mol. The normalized spacial score (nSPS) is 11.4. The van der Waals surface area contributed by atoms with Crippen molar-refractivity contribution in [3.05, 3.63) is 43.6 Å². The van der Waals surface area contributed by atoms with E-state index in [2.05, 4.69) is 49.0 Å².